The van der Waals surface area contributed by atoms with Crippen LogP contribution in [0.1, 0.15) is 0 Å². The Hall–Kier alpha value is -2.06. The molecule has 26 heavy (non-hydrogen) atoms. The molecule has 3 rings (SSSR count). The van der Waals surface area contributed by atoms with Crippen molar-refractivity contribution in [3.05, 3.63) is 48.5 Å². The number of benzene rings is 3. The highest BCUT2D eigenvalue weighted by Gasteiger charge is 2.49. The standard InChI is InChI=1S/C18H17F3O3SSi/c1-26(2,3)15-11-10-13-9-8-12-6-4-5-7-14(12)16(13)17(15)24-25(22,23)18(19,20)21/h4-11H,1-3H3. The van der Waals surface area contributed by atoms with Gasteiger partial charge in [0.2, 0.25) is 0 Å². The topological polar surface area (TPSA) is 43.4 Å². The summed E-state index contributed by atoms with van der Waals surface area (Å²) in [5.41, 5.74) is -5.49. The van der Waals surface area contributed by atoms with Gasteiger partial charge in [0.1, 0.15) is 0 Å². The van der Waals surface area contributed by atoms with E-state index in [2.05, 4.69) is 0 Å². The molecule has 0 aliphatic heterocycles. The van der Waals surface area contributed by atoms with Crippen LogP contribution in [0.5, 0.6) is 5.75 Å². The average molecular weight is 398 g/mol. The lowest BCUT2D eigenvalue weighted by Gasteiger charge is -2.23. The predicted molar refractivity (Wildman–Crippen MR) is 100 cm³/mol. The maximum Gasteiger partial charge on any atom is 0.534 e. The molecule has 0 aromatic heterocycles. The first-order valence-electron chi connectivity index (χ1n) is 7.87. The highest BCUT2D eigenvalue weighted by atomic mass is 32.2. The van der Waals surface area contributed by atoms with Crippen molar-refractivity contribution in [2.24, 2.45) is 0 Å². The Kier molecular flexibility index (Phi) is 4.31. The lowest BCUT2D eigenvalue weighted by atomic mass is 10.0. The fourth-order valence-corrected chi connectivity index (χ4v) is 4.90. The summed E-state index contributed by atoms with van der Waals surface area (Å²) in [4.78, 5) is 0. The van der Waals surface area contributed by atoms with Gasteiger partial charge < -0.3 is 4.18 Å². The van der Waals surface area contributed by atoms with E-state index in [1.54, 1.807) is 30.3 Å². The van der Waals surface area contributed by atoms with Crippen LogP contribution in [0.4, 0.5) is 13.2 Å². The minimum absolute atomic E-state index is 0.212. The van der Waals surface area contributed by atoms with Crippen molar-refractivity contribution in [3.63, 3.8) is 0 Å². The molecule has 0 saturated heterocycles. The number of fused-ring (bicyclic) bond motifs is 3. The van der Waals surface area contributed by atoms with Crippen LogP contribution in [-0.4, -0.2) is 22.0 Å². The van der Waals surface area contributed by atoms with E-state index in [4.69, 9.17) is 4.18 Å². The molecule has 138 valence electrons. The van der Waals surface area contributed by atoms with Gasteiger partial charge in [0.15, 0.2) is 5.75 Å². The van der Waals surface area contributed by atoms with E-state index in [1.165, 1.54) is 0 Å². The van der Waals surface area contributed by atoms with Gasteiger partial charge in [-0.2, -0.15) is 21.6 Å². The van der Waals surface area contributed by atoms with Crippen LogP contribution in [0.15, 0.2) is 48.5 Å². The van der Waals surface area contributed by atoms with Crippen molar-refractivity contribution < 1.29 is 25.8 Å². The van der Waals surface area contributed by atoms with Gasteiger partial charge in [0.05, 0.1) is 8.07 Å². The van der Waals surface area contributed by atoms with Crippen LogP contribution >= 0.6 is 0 Å². The number of hydrogen-bond acceptors (Lipinski definition) is 3. The Morgan fingerprint density at radius 1 is 0.885 bits per heavy atom. The molecule has 0 saturated carbocycles. The van der Waals surface area contributed by atoms with E-state index >= 15 is 0 Å². The molecule has 0 spiro atoms. The van der Waals surface area contributed by atoms with Crippen LogP contribution in [-0.2, 0) is 10.1 Å². The summed E-state index contributed by atoms with van der Waals surface area (Å²) in [5.74, 6) is -0.212. The first-order valence-corrected chi connectivity index (χ1v) is 12.8. The number of hydrogen-bond donors (Lipinski definition) is 0. The number of halogens is 3. The van der Waals surface area contributed by atoms with Crippen molar-refractivity contribution in [2.45, 2.75) is 25.1 Å². The molecule has 0 aliphatic carbocycles. The Balaban J connectivity index is 2.45. The highest BCUT2D eigenvalue weighted by Crippen LogP contribution is 2.36. The molecule has 8 heteroatoms. The van der Waals surface area contributed by atoms with Crippen molar-refractivity contribution in [3.8, 4) is 5.75 Å². The number of rotatable bonds is 3. The summed E-state index contributed by atoms with van der Waals surface area (Å²) in [5, 5.41) is 2.97. The summed E-state index contributed by atoms with van der Waals surface area (Å²) in [6.07, 6.45) is 0. The van der Waals surface area contributed by atoms with Crippen LogP contribution in [0.3, 0.4) is 0 Å². The molecular formula is C18H17F3O3SSi. The lowest BCUT2D eigenvalue weighted by Crippen LogP contribution is -2.40. The molecule has 0 N–H and O–H groups in total. The van der Waals surface area contributed by atoms with E-state index in [-0.39, 0.29) is 5.75 Å². The van der Waals surface area contributed by atoms with Gasteiger partial charge in [-0.05, 0) is 21.3 Å². The van der Waals surface area contributed by atoms with E-state index in [9.17, 15) is 21.6 Å². The van der Waals surface area contributed by atoms with Gasteiger partial charge in [0, 0.05) is 5.39 Å². The summed E-state index contributed by atoms with van der Waals surface area (Å²) >= 11 is 0. The molecule has 0 heterocycles. The zero-order valence-corrected chi connectivity index (χ0v) is 16.2. The molecule has 3 aromatic rings. The summed E-state index contributed by atoms with van der Waals surface area (Å²) in [7, 11) is -7.97. The molecule has 0 radical (unpaired) electrons. The second kappa shape index (κ2) is 5.99. The van der Waals surface area contributed by atoms with Crippen molar-refractivity contribution in [2.75, 3.05) is 0 Å². The van der Waals surface area contributed by atoms with Crippen molar-refractivity contribution in [1.82, 2.24) is 0 Å². The molecule has 0 aliphatic rings. The van der Waals surface area contributed by atoms with Gasteiger partial charge in [-0.25, -0.2) is 0 Å². The third kappa shape index (κ3) is 3.19. The summed E-state index contributed by atoms with van der Waals surface area (Å²) in [6.45, 7) is 5.77. The van der Waals surface area contributed by atoms with Crippen LogP contribution < -0.4 is 9.37 Å². The Bertz CT molecular complexity index is 1100. The maximum atomic E-state index is 13.0. The van der Waals surface area contributed by atoms with Crippen LogP contribution in [0.2, 0.25) is 19.6 Å². The highest BCUT2D eigenvalue weighted by molar-refractivity contribution is 7.88. The van der Waals surface area contributed by atoms with E-state index < -0.39 is 23.7 Å². The molecule has 0 bridgehead atoms. The maximum absolute atomic E-state index is 13.0. The first-order chi connectivity index (χ1) is 11.9. The monoisotopic (exact) mass is 398 g/mol. The third-order valence-electron chi connectivity index (χ3n) is 4.15. The molecule has 0 atom stereocenters. The quantitative estimate of drug-likeness (QED) is 0.276. The second-order valence-electron chi connectivity index (χ2n) is 7.06. The van der Waals surface area contributed by atoms with Gasteiger partial charge in [-0.3, -0.25) is 0 Å². The van der Waals surface area contributed by atoms with Gasteiger partial charge in [-0.15, -0.1) is 0 Å². The van der Waals surface area contributed by atoms with Crippen molar-refractivity contribution in [1.29, 1.82) is 0 Å². The van der Waals surface area contributed by atoms with Gasteiger partial charge >= 0.3 is 15.6 Å². The van der Waals surface area contributed by atoms with E-state index in [0.29, 0.717) is 21.3 Å². The summed E-state index contributed by atoms with van der Waals surface area (Å²) < 4.78 is 67.1. The lowest BCUT2D eigenvalue weighted by molar-refractivity contribution is -0.0499. The van der Waals surface area contributed by atoms with Crippen LogP contribution in [0.25, 0.3) is 21.5 Å². The minimum atomic E-state index is -5.77. The van der Waals surface area contributed by atoms with Crippen molar-refractivity contribution >= 4 is 44.9 Å². The van der Waals surface area contributed by atoms with Crippen LogP contribution in [0, 0.1) is 0 Å². The number of alkyl halides is 3. The molecular weight excluding hydrogens is 381 g/mol. The molecule has 0 unspecified atom stereocenters. The second-order valence-corrected chi connectivity index (χ2v) is 13.6. The molecule has 3 aromatic carbocycles. The zero-order chi connectivity index (χ0) is 19.3. The van der Waals surface area contributed by atoms with Gasteiger partial charge in [-0.1, -0.05) is 68.2 Å². The Morgan fingerprint density at radius 3 is 2.08 bits per heavy atom. The fraction of sp³-hybridized carbons (Fsp3) is 0.222. The minimum Gasteiger partial charge on any atom is -0.375 e. The molecule has 3 nitrogen and oxygen atoms in total. The fourth-order valence-electron chi connectivity index (χ4n) is 2.90. The Labute approximate surface area is 150 Å². The zero-order valence-electron chi connectivity index (χ0n) is 14.4. The molecule has 0 amide bonds. The largest absolute Gasteiger partial charge is 0.534 e. The normalized spacial score (nSPS) is 13.3. The predicted octanol–water partition coefficient (Wildman–Crippen LogP) is 4.77. The SMILES string of the molecule is C[Si](C)(C)c1ccc2ccc3ccccc3c2c1OS(=O)(=O)C(F)(F)F. The first kappa shape index (κ1) is 18.7. The smallest absolute Gasteiger partial charge is 0.375 e. The van der Waals surface area contributed by atoms with E-state index in [0.717, 1.165) is 5.39 Å². The van der Waals surface area contributed by atoms with E-state index in [1.807, 2.05) is 37.8 Å². The average Bonchev–Trinajstić information content (AvgIpc) is 2.52. The summed E-state index contributed by atoms with van der Waals surface area (Å²) in [6, 6.07) is 14.2. The van der Waals surface area contributed by atoms with Gasteiger partial charge in [0.25, 0.3) is 0 Å². The molecule has 0 fully saturated rings. The Morgan fingerprint density at radius 2 is 1.46 bits per heavy atom. The third-order valence-corrected chi connectivity index (χ3v) is 7.11.